The summed E-state index contributed by atoms with van der Waals surface area (Å²) in [4.78, 5) is 26.2. The number of rotatable bonds is 5. The normalized spacial score (nSPS) is 21.1. The standard InChI is InChI=1S/C19H26N2O4/c1-14-6-8-16(9-7-14)25-13-15(22)12-21-17(23)19(20-18(21)24)10-4-2-3-5-11-19/h6-9,15,22H,2-5,10-13H2,1H3,(H,20,24)/t15-/m0/s1. The molecule has 1 aliphatic heterocycles. The monoisotopic (exact) mass is 346 g/mol. The number of carbonyl (C=O) groups excluding carboxylic acids is 2. The molecule has 0 bridgehead atoms. The largest absolute Gasteiger partial charge is 0.491 e. The van der Waals surface area contributed by atoms with E-state index < -0.39 is 17.7 Å². The van der Waals surface area contributed by atoms with Gasteiger partial charge in [-0.05, 0) is 31.9 Å². The summed E-state index contributed by atoms with van der Waals surface area (Å²) in [5.41, 5.74) is 0.367. The van der Waals surface area contributed by atoms with Gasteiger partial charge in [-0.2, -0.15) is 0 Å². The van der Waals surface area contributed by atoms with E-state index >= 15 is 0 Å². The van der Waals surface area contributed by atoms with Crippen LogP contribution in [-0.4, -0.2) is 46.7 Å². The van der Waals surface area contributed by atoms with Gasteiger partial charge in [-0.3, -0.25) is 9.69 Å². The van der Waals surface area contributed by atoms with Crippen molar-refractivity contribution in [3.8, 4) is 5.75 Å². The number of nitrogens with one attached hydrogen (secondary N) is 1. The Morgan fingerprint density at radius 2 is 1.80 bits per heavy atom. The van der Waals surface area contributed by atoms with Crippen molar-refractivity contribution in [3.05, 3.63) is 29.8 Å². The zero-order valence-electron chi connectivity index (χ0n) is 14.7. The van der Waals surface area contributed by atoms with Gasteiger partial charge >= 0.3 is 6.03 Å². The highest BCUT2D eigenvalue weighted by molar-refractivity contribution is 6.07. The average molecular weight is 346 g/mol. The number of urea groups is 1. The van der Waals surface area contributed by atoms with E-state index in [1.54, 1.807) is 0 Å². The highest BCUT2D eigenvalue weighted by atomic mass is 16.5. The third-order valence-electron chi connectivity index (χ3n) is 5.06. The van der Waals surface area contributed by atoms with Crippen LogP contribution in [0.2, 0.25) is 0 Å². The van der Waals surface area contributed by atoms with Crippen LogP contribution in [0.4, 0.5) is 4.79 Å². The fourth-order valence-electron chi connectivity index (χ4n) is 3.60. The van der Waals surface area contributed by atoms with E-state index in [-0.39, 0.29) is 19.1 Å². The van der Waals surface area contributed by atoms with Crippen LogP contribution in [0.1, 0.15) is 44.1 Å². The molecule has 2 fully saturated rings. The maximum absolute atomic E-state index is 12.8. The van der Waals surface area contributed by atoms with Crippen molar-refractivity contribution in [2.45, 2.75) is 57.1 Å². The molecule has 3 amide bonds. The molecule has 1 aromatic rings. The Labute approximate surface area is 148 Å². The molecule has 0 aromatic heterocycles. The molecule has 1 spiro atoms. The van der Waals surface area contributed by atoms with Gasteiger partial charge in [0.05, 0.1) is 6.54 Å². The second-order valence-corrected chi connectivity index (χ2v) is 7.12. The average Bonchev–Trinajstić information content (AvgIpc) is 2.76. The molecule has 6 nitrogen and oxygen atoms in total. The van der Waals surface area contributed by atoms with Crippen LogP contribution in [0.25, 0.3) is 0 Å². The number of benzene rings is 1. The number of carbonyl (C=O) groups is 2. The second kappa shape index (κ2) is 7.44. The Bertz CT molecular complexity index is 621. The van der Waals surface area contributed by atoms with E-state index in [1.807, 2.05) is 31.2 Å². The number of hydrogen-bond donors (Lipinski definition) is 2. The Morgan fingerprint density at radius 1 is 1.16 bits per heavy atom. The Balaban J connectivity index is 1.57. The van der Waals surface area contributed by atoms with Gasteiger partial charge in [-0.25, -0.2) is 4.79 Å². The van der Waals surface area contributed by atoms with Gasteiger partial charge in [0, 0.05) is 0 Å². The molecule has 0 unspecified atom stereocenters. The van der Waals surface area contributed by atoms with Crippen LogP contribution in [0.5, 0.6) is 5.75 Å². The number of nitrogens with zero attached hydrogens (tertiary/aromatic N) is 1. The first-order chi connectivity index (χ1) is 12.0. The van der Waals surface area contributed by atoms with E-state index in [9.17, 15) is 14.7 Å². The predicted molar refractivity (Wildman–Crippen MR) is 93.4 cm³/mol. The first-order valence-electron chi connectivity index (χ1n) is 9.02. The number of hydrogen-bond acceptors (Lipinski definition) is 4. The first kappa shape index (κ1) is 17.7. The predicted octanol–water partition coefficient (Wildman–Crippen LogP) is 2.38. The molecule has 2 aliphatic rings. The van der Waals surface area contributed by atoms with E-state index in [1.165, 1.54) is 0 Å². The lowest BCUT2D eigenvalue weighted by Crippen LogP contribution is -2.47. The van der Waals surface area contributed by atoms with Gasteiger partial charge in [-0.15, -0.1) is 0 Å². The molecule has 1 aromatic carbocycles. The van der Waals surface area contributed by atoms with Gasteiger partial charge in [0.1, 0.15) is 24.0 Å². The van der Waals surface area contributed by atoms with Gasteiger partial charge in [0.25, 0.3) is 5.91 Å². The number of ether oxygens (including phenoxy) is 1. The van der Waals surface area contributed by atoms with E-state index in [2.05, 4.69) is 5.32 Å². The lowest BCUT2D eigenvalue weighted by atomic mass is 9.90. The quantitative estimate of drug-likeness (QED) is 0.803. The molecule has 2 N–H and O–H groups in total. The van der Waals surface area contributed by atoms with Crippen molar-refractivity contribution in [2.75, 3.05) is 13.2 Å². The summed E-state index contributed by atoms with van der Waals surface area (Å²) >= 11 is 0. The van der Waals surface area contributed by atoms with Crippen molar-refractivity contribution in [1.29, 1.82) is 0 Å². The molecule has 1 heterocycles. The molecule has 1 aliphatic carbocycles. The van der Waals surface area contributed by atoms with E-state index in [4.69, 9.17) is 4.74 Å². The molecule has 25 heavy (non-hydrogen) atoms. The highest BCUT2D eigenvalue weighted by Crippen LogP contribution is 2.32. The fourth-order valence-corrected chi connectivity index (χ4v) is 3.60. The fraction of sp³-hybridized carbons (Fsp3) is 0.579. The summed E-state index contributed by atoms with van der Waals surface area (Å²) in [5.74, 6) is 0.455. The van der Waals surface area contributed by atoms with Gasteiger partial charge < -0.3 is 15.2 Å². The van der Waals surface area contributed by atoms with Crippen LogP contribution in [0.15, 0.2) is 24.3 Å². The molecular weight excluding hydrogens is 320 g/mol. The summed E-state index contributed by atoms with van der Waals surface area (Å²) in [5, 5.41) is 13.1. The van der Waals surface area contributed by atoms with Gasteiger partial charge in [-0.1, -0.05) is 43.4 Å². The maximum atomic E-state index is 12.8. The van der Waals surface area contributed by atoms with Gasteiger partial charge in [0.2, 0.25) is 0 Å². The molecule has 1 saturated carbocycles. The lowest BCUT2D eigenvalue weighted by molar-refractivity contribution is -0.132. The molecule has 136 valence electrons. The van der Waals surface area contributed by atoms with E-state index in [0.717, 1.165) is 36.1 Å². The Kier molecular flexibility index (Phi) is 5.27. The van der Waals surface area contributed by atoms with Crippen molar-refractivity contribution in [3.63, 3.8) is 0 Å². The summed E-state index contributed by atoms with van der Waals surface area (Å²) in [6, 6.07) is 7.11. The summed E-state index contributed by atoms with van der Waals surface area (Å²) < 4.78 is 5.54. The summed E-state index contributed by atoms with van der Waals surface area (Å²) in [7, 11) is 0. The molecular formula is C19H26N2O4. The minimum atomic E-state index is -0.920. The van der Waals surface area contributed by atoms with Crippen LogP contribution in [0, 0.1) is 6.92 Å². The molecule has 3 rings (SSSR count). The van der Waals surface area contributed by atoms with Crippen molar-refractivity contribution in [2.24, 2.45) is 0 Å². The summed E-state index contributed by atoms with van der Waals surface area (Å²) in [6.07, 6.45) is 4.53. The molecule has 0 radical (unpaired) electrons. The zero-order valence-corrected chi connectivity index (χ0v) is 14.7. The minimum absolute atomic E-state index is 0.0348. The van der Waals surface area contributed by atoms with E-state index in [0.29, 0.717) is 18.6 Å². The number of aliphatic hydroxyl groups excluding tert-OH is 1. The van der Waals surface area contributed by atoms with Crippen LogP contribution >= 0.6 is 0 Å². The lowest BCUT2D eigenvalue weighted by Gasteiger charge is -2.25. The Hall–Kier alpha value is -2.08. The number of aryl methyl sites for hydroxylation is 1. The van der Waals surface area contributed by atoms with Gasteiger partial charge in [0.15, 0.2) is 0 Å². The zero-order chi connectivity index (χ0) is 17.9. The smallest absolute Gasteiger partial charge is 0.325 e. The third kappa shape index (κ3) is 3.95. The Morgan fingerprint density at radius 3 is 2.44 bits per heavy atom. The SMILES string of the molecule is Cc1ccc(OC[C@@H](O)CN2C(=O)NC3(CCCCCC3)C2=O)cc1. The summed E-state index contributed by atoms with van der Waals surface area (Å²) in [6.45, 7) is 1.98. The first-order valence-corrected chi connectivity index (χ1v) is 9.02. The molecule has 1 saturated heterocycles. The van der Waals surface area contributed by atoms with Crippen LogP contribution < -0.4 is 10.1 Å². The molecule has 1 atom stereocenters. The van der Waals surface area contributed by atoms with Crippen molar-refractivity contribution < 1.29 is 19.4 Å². The number of β-amino-alcohol motifs (C(OH)–C–C–N with tert-alkyl or cyclic N) is 1. The highest BCUT2D eigenvalue weighted by Gasteiger charge is 2.50. The van der Waals surface area contributed by atoms with Crippen molar-refractivity contribution in [1.82, 2.24) is 10.2 Å². The van der Waals surface area contributed by atoms with Crippen LogP contribution in [-0.2, 0) is 4.79 Å². The number of aliphatic hydroxyl groups is 1. The van der Waals surface area contributed by atoms with Crippen LogP contribution in [0.3, 0.4) is 0 Å². The maximum Gasteiger partial charge on any atom is 0.325 e. The second-order valence-electron chi connectivity index (χ2n) is 7.12. The topological polar surface area (TPSA) is 78.9 Å². The number of amides is 3. The third-order valence-corrected chi connectivity index (χ3v) is 5.06. The minimum Gasteiger partial charge on any atom is -0.491 e. The molecule has 6 heteroatoms. The van der Waals surface area contributed by atoms with Crippen molar-refractivity contribution >= 4 is 11.9 Å². The number of imide groups is 1.